The molecule has 0 heterocycles. The molecule has 27 heavy (non-hydrogen) atoms. The fraction of sp³-hybridized carbons (Fsp3) is 0.917. The van der Waals surface area contributed by atoms with Gasteiger partial charge in [0.1, 0.15) is 11.7 Å². The average molecular weight is 377 g/mol. The largest absolute Gasteiger partial charge is 0.465 e. The van der Waals surface area contributed by atoms with Crippen molar-refractivity contribution >= 4 is 11.8 Å². The van der Waals surface area contributed by atoms with Crippen LogP contribution < -0.4 is 0 Å². The van der Waals surface area contributed by atoms with Crippen molar-refractivity contribution in [2.75, 3.05) is 6.61 Å². The van der Waals surface area contributed by atoms with E-state index in [1.54, 1.807) is 0 Å². The van der Waals surface area contributed by atoms with Crippen molar-refractivity contribution in [1.29, 1.82) is 0 Å². The third-order valence-corrected chi connectivity index (χ3v) is 7.99. The van der Waals surface area contributed by atoms with Gasteiger partial charge in [0, 0.05) is 6.42 Å². The summed E-state index contributed by atoms with van der Waals surface area (Å²) in [5, 5.41) is 0. The van der Waals surface area contributed by atoms with E-state index in [-0.39, 0.29) is 11.8 Å². The zero-order chi connectivity index (χ0) is 19.2. The molecule has 3 fully saturated rings. The summed E-state index contributed by atoms with van der Waals surface area (Å²) in [6, 6.07) is 0. The summed E-state index contributed by atoms with van der Waals surface area (Å²) in [6.45, 7) is 4.50. The van der Waals surface area contributed by atoms with Crippen LogP contribution in [-0.2, 0) is 14.3 Å². The van der Waals surface area contributed by atoms with Crippen molar-refractivity contribution in [3.05, 3.63) is 0 Å². The van der Waals surface area contributed by atoms with Crippen LogP contribution in [0.15, 0.2) is 0 Å². The first kappa shape index (κ1) is 20.9. The highest BCUT2D eigenvalue weighted by molar-refractivity contribution is 5.99. The van der Waals surface area contributed by atoms with Gasteiger partial charge in [0.2, 0.25) is 0 Å². The fourth-order valence-corrected chi connectivity index (χ4v) is 6.38. The average Bonchev–Trinajstić information content (AvgIpc) is 2.69. The van der Waals surface area contributed by atoms with E-state index in [4.69, 9.17) is 4.74 Å². The Hall–Kier alpha value is -0.860. The number of hydrogen-bond acceptors (Lipinski definition) is 3. The van der Waals surface area contributed by atoms with Gasteiger partial charge in [-0.2, -0.15) is 0 Å². The van der Waals surface area contributed by atoms with Gasteiger partial charge in [0.05, 0.1) is 6.61 Å². The second-order valence-corrected chi connectivity index (χ2v) is 9.56. The second-order valence-electron chi connectivity index (χ2n) is 9.56. The quantitative estimate of drug-likeness (QED) is 0.425. The second kappa shape index (κ2) is 10.1. The van der Waals surface area contributed by atoms with E-state index in [9.17, 15) is 9.59 Å². The predicted octanol–water partition coefficient (Wildman–Crippen LogP) is 5.95. The van der Waals surface area contributed by atoms with Crippen LogP contribution in [-0.4, -0.2) is 18.4 Å². The number of ketones is 1. The highest BCUT2D eigenvalue weighted by atomic mass is 16.5. The van der Waals surface area contributed by atoms with E-state index in [2.05, 4.69) is 6.92 Å². The first-order valence-corrected chi connectivity index (χ1v) is 11.8. The summed E-state index contributed by atoms with van der Waals surface area (Å²) >= 11 is 0. The predicted molar refractivity (Wildman–Crippen MR) is 108 cm³/mol. The summed E-state index contributed by atoms with van der Waals surface area (Å²) in [5.41, 5.74) is 0. The minimum absolute atomic E-state index is 0.140. The Kier molecular flexibility index (Phi) is 7.78. The summed E-state index contributed by atoms with van der Waals surface area (Å²) in [5.74, 6) is 3.52. The summed E-state index contributed by atoms with van der Waals surface area (Å²) in [4.78, 5) is 24.4. The number of hydrogen-bond donors (Lipinski definition) is 0. The Morgan fingerprint density at radius 1 is 0.815 bits per heavy atom. The normalized spacial score (nSPS) is 37.8. The smallest absolute Gasteiger partial charge is 0.316 e. The maximum Gasteiger partial charge on any atom is 0.316 e. The molecule has 3 aliphatic rings. The first-order chi connectivity index (χ1) is 13.1. The van der Waals surface area contributed by atoms with Crippen LogP contribution in [0.5, 0.6) is 0 Å². The molecule has 0 aromatic rings. The number of rotatable bonds is 6. The minimum Gasteiger partial charge on any atom is -0.465 e. The standard InChI is InChI=1S/C24H40O3/c1-3-5-17-6-8-18(9-7-17)19-10-12-20(13-11-19)21-14-15-22(23(25)16-21)24(26)27-4-2/h17-22H,3-16H2,1-2H3/t17-,18-,19?,20?,21?,22?. The molecule has 3 heteroatoms. The van der Waals surface area contributed by atoms with Crippen molar-refractivity contribution in [3.8, 4) is 0 Å². The van der Waals surface area contributed by atoms with Crippen LogP contribution in [0.1, 0.15) is 97.3 Å². The molecule has 0 N–H and O–H groups in total. The highest BCUT2D eigenvalue weighted by Gasteiger charge is 2.39. The molecule has 3 saturated carbocycles. The number of Topliss-reactive ketones (excluding diaryl/α,β-unsaturated/α-hetero) is 1. The van der Waals surface area contributed by atoms with E-state index in [1.807, 2.05) is 6.92 Å². The molecule has 3 nitrogen and oxygen atoms in total. The molecule has 0 saturated heterocycles. The molecule has 3 rings (SSSR count). The Morgan fingerprint density at radius 3 is 1.85 bits per heavy atom. The first-order valence-electron chi connectivity index (χ1n) is 11.8. The number of carbonyl (C=O) groups excluding carboxylic acids is 2. The van der Waals surface area contributed by atoms with Gasteiger partial charge in [0.15, 0.2) is 0 Å². The summed E-state index contributed by atoms with van der Waals surface area (Å²) in [7, 11) is 0. The maximum atomic E-state index is 12.5. The zero-order valence-electron chi connectivity index (χ0n) is 17.6. The summed E-state index contributed by atoms with van der Waals surface area (Å²) in [6.07, 6.45) is 16.3. The molecular formula is C24H40O3. The van der Waals surface area contributed by atoms with Gasteiger partial charge in [-0.25, -0.2) is 0 Å². The van der Waals surface area contributed by atoms with Crippen molar-refractivity contribution in [1.82, 2.24) is 0 Å². The van der Waals surface area contributed by atoms with Crippen molar-refractivity contribution in [2.45, 2.75) is 97.3 Å². The monoisotopic (exact) mass is 376 g/mol. The molecule has 0 radical (unpaired) electrons. The number of carbonyl (C=O) groups is 2. The van der Waals surface area contributed by atoms with E-state index in [0.717, 1.165) is 24.2 Å². The lowest BCUT2D eigenvalue weighted by Crippen LogP contribution is -2.36. The van der Waals surface area contributed by atoms with Gasteiger partial charge in [-0.15, -0.1) is 0 Å². The van der Waals surface area contributed by atoms with Crippen LogP contribution in [0.25, 0.3) is 0 Å². The molecule has 0 amide bonds. The molecule has 2 unspecified atom stereocenters. The van der Waals surface area contributed by atoms with E-state index >= 15 is 0 Å². The molecule has 0 aromatic carbocycles. The minimum atomic E-state index is -0.476. The zero-order valence-corrected chi connectivity index (χ0v) is 17.6. The summed E-state index contributed by atoms with van der Waals surface area (Å²) < 4.78 is 5.08. The van der Waals surface area contributed by atoms with Crippen LogP contribution >= 0.6 is 0 Å². The van der Waals surface area contributed by atoms with Gasteiger partial charge in [-0.1, -0.05) is 32.6 Å². The highest BCUT2D eigenvalue weighted by Crippen LogP contribution is 2.45. The third kappa shape index (κ3) is 5.35. The van der Waals surface area contributed by atoms with Gasteiger partial charge < -0.3 is 4.74 Å². The molecule has 0 bridgehead atoms. The molecule has 3 aliphatic carbocycles. The fourth-order valence-electron chi connectivity index (χ4n) is 6.38. The van der Waals surface area contributed by atoms with Gasteiger partial charge >= 0.3 is 5.97 Å². The third-order valence-electron chi connectivity index (χ3n) is 7.99. The molecule has 0 aromatic heterocycles. The van der Waals surface area contributed by atoms with Crippen molar-refractivity contribution in [3.63, 3.8) is 0 Å². The topological polar surface area (TPSA) is 43.4 Å². The number of esters is 1. The number of ether oxygens (including phenoxy) is 1. The van der Waals surface area contributed by atoms with Gasteiger partial charge in [-0.05, 0) is 87.9 Å². The Bertz CT molecular complexity index is 484. The Morgan fingerprint density at radius 2 is 1.33 bits per heavy atom. The van der Waals surface area contributed by atoms with Gasteiger partial charge in [0.25, 0.3) is 0 Å². The van der Waals surface area contributed by atoms with Crippen molar-refractivity contribution in [2.24, 2.45) is 35.5 Å². The van der Waals surface area contributed by atoms with E-state index in [0.29, 0.717) is 31.3 Å². The maximum absolute atomic E-state index is 12.5. The molecule has 154 valence electrons. The molecule has 0 spiro atoms. The Labute approximate surface area is 166 Å². The Balaban J connectivity index is 1.41. The van der Waals surface area contributed by atoms with Crippen LogP contribution in [0.2, 0.25) is 0 Å². The van der Waals surface area contributed by atoms with E-state index < -0.39 is 5.92 Å². The molecule has 2 atom stereocenters. The SMILES string of the molecule is CCC[C@H]1CC[C@H](C2CCC(C3CCC(C(=O)OCC)C(=O)C3)CC2)CC1. The lowest BCUT2D eigenvalue weighted by Gasteiger charge is -2.41. The lowest BCUT2D eigenvalue weighted by atomic mass is 9.64. The van der Waals surface area contributed by atoms with Crippen LogP contribution in [0.3, 0.4) is 0 Å². The van der Waals surface area contributed by atoms with Gasteiger partial charge in [-0.3, -0.25) is 9.59 Å². The van der Waals surface area contributed by atoms with Crippen LogP contribution in [0, 0.1) is 35.5 Å². The molecule has 0 aliphatic heterocycles. The van der Waals surface area contributed by atoms with E-state index in [1.165, 1.54) is 64.2 Å². The van der Waals surface area contributed by atoms with Crippen LogP contribution in [0.4, 0.5) is 0 Å². The van der Waals surface area contributed by atoms with Crippen molar-refractivity contribution < 1.29 is 14.3 Å². The lowest BCUT2D eigenvalue weighted by molar-refractivity contribution is -0.153. The molecular weight excluding hydrogens is 336 g/mol.